The lowest BCUT2D eigenvalue weighted by Gasteiger charge is -2.03. The van der Waals surface area contributed by atoms with Crippen LogP contribution in [0.25, 0.3) is 11.0 Å². The van der Waals surface area contributed by atoms with Crippen LogP contribution in [0.1, 0.15) is 18.2 Å². The van der Waals surface area contributed by atoms with Gasteiger partial charge in [-0.1, -0.05) is 25.1 Å². The summed E-state index contributed by atoms with van der Waals surface area (Å²) in [6.45, 7) is 3.11. The van der Waals surface area contributed by atoms with E-state index in [0.29, 0.717) is 0 Å². The molecule has 0 bridgehead atoms. The average Bonchev–Trinajstić information content (AvgIpc) is 3.05. The van der Waals surface area contributed by atoms with Crippen LogP contribution in [-0.4, -0.2) is 15.8 Å². The van der Waals surface area contributed by atoms with Crippen LogP contribution >= 0.6 is 11.3 Å². The number of aliphatic imine (C=N–C) groups is 1. The lowest BCUT2D eigenvalue weighted by Crippen LogP contribution is -1.95. The number of fused-ring (bicyclic) bond motifs is 1. The standard InChI is InChI=1S/C15H15N3S/c1-2-9-18-14-8-4-3-7-13(14)17-15(18)16-11-12-6-5-10-19-12/h3-8,10-11H,2,9H2,1H3. The van der Waals surface area contributed by atoms with Gasteiger partial charge in [0, 0.05) is 17.6 Å². The van der Waals surface area contributed by atoms with Gasteiger partial charge in [0.25, 0.3) is 0 Å². The number of rotatable bonds is 4. The zero-order chi connectivity index (χ0) is 13.1. The molecule has 3 aromatic rings. The minimum absolute atomic E-state index is 0.788. The molecular formula is C15H15N3S. The third-order valence-corrected chi connectivity index (χ3v) is 3.74. The third kappa shape index (κ3) is 2.44. The van der Waals surface area contributed by atoms with E-state index in [0.717, 1.165) is 34.8 Å². The van der Waals surface area contributed by atoms with Crippen LogP contribution < -0.4 is 0 Å². The summed E-state index contributed by atoms with van der Waals surface area (Å²) in [6, 6.07) is 12.3. The van der Waals surface area contributed by atoms with E-state index in [9.17, 15) is 0 Å². The highest BCUT2D eigenvalue weighted by Gasteiger charge is 2.07. The van der Waals surface area contributed by atoms with Crippen LogP contribution in [0, 0.1) is 0 Å². The molecule has 0 saturated carbocycles. The van der Waals surface area contributed by atoms with Gasteiger partial charge in [-0.2, -0.15) is 0 Å². The SMILES string of the molecule is CCCn1c(N=Cc2cccs2)nc2ccccc21. The molecule has 0 aliphatic rings. The molecule has 3 rings (SSSR count). The summed E-state index contributed by atoms with van der Waals surface area (Å²) in [5.74, 6) is 0.788. The fourth-order valence-electron chi connectivity index (χ4n) is 2.09. The van der Waals surface area contributed by atoms with Gasteiger partial charge in [-0.25, -0.2) is 9.98 Å². The number of imidazole rings is 1. The molecule has 0 aliphatic heterocycles. The predicted molar refractivity (Wildman–Crippen MR) is 81.6 cm³/mol. The normalized spacial score (nSPS) is 11.6. The minimum atomic E-state index is 0.788. The van der Waals surface area contributed by atoms with Crippen molar-refractivity contribution in [1.29, 1.82) is 0 Å². The minimum Gasteiger partial charge on any atom is -0.308 e. The van der Waals surface area contributed by atoms with Gasteiger partial charge in [0.15, 0.2) is 0 Å². The van der Waals surface area contributed by atoms with E-state index in [1.54, 1.807) is 11.3 Å². The Labute approximate surface area is 116 Å². The fourth-order valence-corrected chi connectivity index (χ4v) is 2.68. The van der Waals surface area contributed by atoms with E-state index in [1.165, 1.54) is 0 Å². The number of nitrogens with zero attached hydrogens (tertiary/aromatic N) is 3. The first-order valence-electron chi connectivity index (χ1n) is 6.41. The molecule has 4 heteroatoms. The molecule has 0 N–H and O–H groups in total. The van der Waals surface area contributed by atoms with Crippen LogP contribution in [-0.2, 0) is 6.54 Å². The molecule has 96 valence electrons. The van der Waals surface area contributed by atoms with Crippen LogP contribution in [0.2, 0.25) is 0 Å². The van der Waals surface area contributed by atoms with Crippen molar-refractivity contribution in [2.75, 3.05) is 0 Å². The van der Waals surface area contributed by atoms with Crippen molar-refractivity contribution in [3.8, 4) is 0 Å². The first-order chi connectivity index (χ1) is 9.38. The van der Waals surface area contributed by atoms with Gasteiger partial charge in [-0.05, 0) is 30.0 Å². The van der Waals surface area contributed by atoms with Gasteiger partial charge in [0.2, 0.25) is 5.95 Å². The van der Waals surface area contributed by atoms with Crippen LogP contribution in [0.15, 0.2) is 46.8 Å². The van der Waals surface area contributed by atoms with Gasteiger partial charge in [-0.15, -0.1) is 11.3 Å². The van der Waals surface area contributed by atoms with E-state index >= 15 is 0 Å². The molecule has 0 atom stereocenters. The smallest absolute Gasteiger partial charge is 0.230 e. The number of hydrogen-bond acceptors (Lipinski definition) is 3. The molecule has 1 aromatic carbocycles. The summed E-state index contributed by atoms with van der Waals surface area (Å²) >= 11 is 1.68. The number of aromatic nitrogens is 2. The first kappa shape index (κ1) is 12.1. The zero-order valence-corrected chi connectivity index (χ0v) is 11.6. The molecule has 2 aromatic heterocycles. The average molecular weight is 269 g/mol. The molecule has 2 heterocycles. The highest BCUT2D eigenvalue weighted by atomic mass is 32.1. The van der Waals surface area contributed by atoms with Crippen molar-refractivity contribution in [2.24, 2.45) is 4.99 Å². The predicted octanol–water partition coefficient (Wildman–Crippen LogP) is 4.26. The topological polar surface area (TPSA) is 30.2 Å². The van der Waals surface area contributed by atoms with E-state index in [4.69, 9.17) is 0 Å². The molecule has 0 spiro atoms. The Morgan fingerprint density at radius 1 is 1.26 bits per heavy atom. The Balaban J connectivity index is 2.04. The molecule has 0 amide bonds. The van der Waals surface area contributed by atoms with E-state index in [-0.39, 0.29) is 0 Å². The molecular weight excluding hydrogens is 254 g/mol. The Bertz CT molecular complexity index is 695. The van der Waals surface area contributed by atoms with Gasteiger partial charge in [0.1, 0.15) is 0 Å². The van der Waals surface area contributed by atoms with E-state index in [2.05, 4.69) is 39.0 Å². The number of hydrogen-bond donors (Lipinski definition) is 0. The molecule has 0 fully saturated rings. The first-order valence-corrected chi connectivity index (χ1v) is 7.29. The number of benzene rings is 1. The van der Waals surface area contributed by atoms with Crippen LogP contribution in [0.4, 0.5) is 5.95 Å². The van der Waals surface area contributed by atoms with Crippen molar-refractivity contribution in [2.45, 2.75) is 19.9 Å². The third-order valence-electron chi connectivity index (χ3n) is 2.93. The second-order valence-corrected chi connectivity index (χ2v) is 5.31. The lowest BCUT2D eigenvalue weighted by molar-refractivity contribution is 0.701. The largest absolute Gasteiger partial charge is 0.308 e. The van der Waals surface area contributed by atoms with Gasteiger partial charge < -0.3 is 4.57 Å². The summed E-state index contributed by atoms with van der Waals surface area (Å²) in [5, 5.41) is 2.05. The lowest BCUT2D eigenvalue weighted by atomic mass is 10.3. The monoisotopic (exact) mass is 269 g/mol. The Morgan fingerprint density at radius 2 is 2.16 bits per heavy atom. The van der Waals surface area contributed by atoms with E-state index < -0.39 is 0 Å². The summed E-state index contributed by atoms with van der Waals surface area (Å²) in [7, 11) is 0. The second-order valence-electron chi connectivity index (χ2n) is 4.33. The second kappa shape index (κ2) is 5.36. The maximum atomic E-state index is 4.60. The summed E-state index contributed by atoms with van der Waals surface area (Å²) < 4.78 is 2.18. The molecule has 0 radical (unpaired) electrons. The van der Waals surface area contributed by atoms with Crippen molar-refractivity contribution in [3.63, 3.8) is 0 Å². The van der Waals surface area contributed by atoms with Crippen molar-refractivity contribution in [3.05, 3.63) is 46.7 Å². The van der Waals surface area contributed by atoms with Gasteiger partial charge in [-0.3, -0.25) is 0 Å². The summed E-state index contributed by atoms with van der Waals surface area (Å²) in [4.78, 5) is 10.3. The number of aryl methyl sites for hydroxylation is 1. The fraction of sp³-hybridized carbons (Fsp3) is 0.200. The van der Waals surface area contributed by atoms with Crippen LogP contribution in [0.5, 0.6) is 0 Å². The Hall–Kier alpha value is -1.94. The Kier molecular flexibility index (Phi) is 3.42. The molecule has 3 nitrogen and oxygen atoms in total. The van der Waals surface area contributed by atoms with Gasteiger partial charge in [0.05, 0.1) is 11.0 Å². The van der Waals surface area contributed by atoms with Gasteiger partial charge >= 0.3 is 0 Å². The molecule has 19 heavy (non-hydrogen) atoms. The quantitative estimate of drug-likeness (QED) is 0.651. The number of para-hydroxylation sites is 2. The Morgan fingerprint density at radius 3 is 2.95 bits per heavy atom. The van der Waals surface area contributed by atoms with Crippen molar-refractivity contribution in [1.82, 2.24) is 9.55 Å². The highest BCUT2D eigenvalue weighted by Crippen LogP contribution is 2.22. The molecule has 0 unspecified atom stereocenters. The summed E-state index contributed by atoms with van der Waals surface area (Å²) in [6.07, 6.45) is 2.96. The molecule has 0 saturated heterocycles. The van der Waals surface area contributed by atoms with Crippen molar-refractivity contribution < 1.29 is 0 Å². The maximum Gasteiger partial charge on any atom is 0.230 e. The van der Waals surface area contributed by atoms with Crippen LogP contribution in [0.3, 0.4) is 0 Å². The van der Waals surface area contributed by atoms with E-state index in [1.807, 2.05) is 30.5 Å². The maximum absolute atomic E-state index is 4.60. The highest BCUT2D eigenvalue weighted by molar-refractivity contribution is 7.11. The summed E-state index contributed by atoms with van der Waals surface area (Å²) in [5.41, 5.74) is 2.16. The molecule has 0 aliphatic carbocycles. The van der Waals surface area contributed by atoms with Crippen molar-refractivity contribution >= 4 is 34.5 Å². The number of thiophene rings is 1. The zero-order valence-electron chi connectivity index (χ0n) is 10.8.